The van der Waals surface area contributed by atoms with E-state index in [1.54, 1.807) is 24.7 Å². The zero-order valence-electron chi connectivity index (χ0n) is 14.7. The van der Waals surface area contributed by atoms with Crippen molar-refractivity contribution < 1.29 is 12.9 Å². The van der Waals surface area contributed by atoms with E-state index in [0.29, 0.717) is 37.6 Å². The van der Waals surface area contributed by atoms with Crippen LogP contribution in [0.2, 0.25) is 0 Å². The van der Waals surface area contributed by atoms with E-state index in [2.05, 4.69) is 25.1 Å². The van der Waals surface area contributed by atoms with Crippen LogP contribution in [-0.4, -0.2) is 63.8 Å². The van der Waals surface area contributed by atoms with E-state index in [4.69, 9.17) is 4.52 Å². The van der Waals surface area contributed by atoms with Gasteiger partial charge in [0.1, 0.15) is 22.7 Å². The number of fused-ring (bicyclic) bond motifs is 1. The van der Waals surface area contributed by atoms with Crippen molar-refractivity contribution in [1.82, 2.24) is 29.2 Å². The number of aryl methyl sites for hydroxylation is 3. The summed E-state index contributed by atoms with van der Waals surface area (Å²) in [5, 5.41) is 8.84. The maximum absolute atomic E-state index is 12.9. The molecule has 0 unspecified atom stereocenters. The number of piperazine rings is 1. The van der Waals surface area contributed by atoms with E-state index in [1.165, 1.54) is 10.6 Å². The average molecular weight is 377 g/mol. The van der Waals surface area contributed by atoms with Crippen molar-refractivity contribution in [1.29, 1.82) is 0 Å². The Kier molecular flexibility index (Phi) is 3.92. The van der Waals surface area contributed by atoms with Crippen molar-refractivity contribution in [3.8, 4) is 0 Å². The fourth-order valence-corrected chi connectivity index (χ4v) is 5.03. The molecule has 1 saturated heterocycles. The minimum absolute atomic E-state index is 0.169. The molecule has 1 aliphatic heterocycles. The first-order valence-corrected chi connectivity index (χ1v) is 9.64. The number of aromatic nitrogens is 5. The monoisotopic (exact) mass is 377 g/mol. The lowest BCUT2D eigenvalue weighted by atomic mass is 10.3. The van der Waals surface area contributed by atoms with Crippen molar-refractivity contribution >= 4 is 26.9 Å². The number of nitrogens with zero attached hydrogens (tertiary/aromatic N) is 7. The summed E-state index contributed by atoms with van der Waals surface area (Å²) in [5.74, 6) is 1.09. The largest absolute Gasteiger partial charge is 0.360 e. The molecular formula is C15H19N7O3S. The van der Waals surface area contributed by atoms with Gasteiger partial charge in [-0.15, -0.1) is 0 Å². The summed E-state index contributed by atoms with van der Waals surface area (Å²) in [6.07, 6.45) is 3.24. The second kappa shape index (κ2) is 6.02. The van der Waals surface area contributed by atoms with E-state index in [9.17, 15) is 8.42 Å². The standard InChI is InChI=1S/C15H19N7O3S/c1-10-13(11(2)25-19-10)26(23,24)22-6-4-21(5-7-22)15-12-8-18-20(3)14(12)16-9-17-15/h8-9H,4-7H2,1-3H3. The third kappa shape index (κ3) is 2.54. The molecule has 0 radical (unpaired) electrons. The van der Waals surface area contributed by atoms with Gasteiger partial charge in [-0.1, -0.05) is 5.16 Å². The maximum Gasteiger partial charge on any atom is 0.248 e. The third-order valence-electron chi connectivity index (χ3n) is 4.61. The maximum atomic E-state index is 12.9. The topological polar surface area (TPSA) is 110 Å². The molecule has 3 aromatic rings. The van der Waals surface area contributed by atoms with E-state index in [1.807, 2.05) is 7.05 Å². The molecule has 0 atom stereocenters. The molecule has 0 saturated carbocycles. The summed E-state index contributed by atoms with van der Waals surface area (Å²) in [6.45, 7) is 5.03. The van der Waals surface area contributed by atoms with Crippen molar-refractivity contribution in [2.24, 2.45) is 7.05 Å². The minimum Gasteiger partial charge on any atom is -0.360 e. The van der Waals surface area contributed by atoms with Crippen molar-refractivity contribution in [2.45, 2.75) is 18.7 Å². The second-order valence-electron chi connectivity index (χ2n) is 6.25. The van der Waals surface area contributed by atoms with Crippen molar-refractivity contribution in [3.63, 3.8) is 0 Å². The van der Waals surface area contributed by atoms with Crippen LogP contribution < -0.4 is 4.90 Å². The molecule has 0 N–H and O–H groups in total. The minimum atomic E-state index is -3.62. The summed E-state index contributed by atoms with van der Waals surface area (Å²) < 4.78 is 34.0. The number of sulfonamides is 1. The average Bonchev–Trinajstić information content (AvgIpc) is 3.18. The van der Waals surface area contributed by atoms with Gasteiger partial charge in [-0.3, -0.25) is 4.68 Å². The molecule has 26 heavy (non-hydrogen) atoms. The molecular weight excluding hydrogens is 358 g/mol. The molecule has 1 aliphatic rings. The Morgan fingerprint density at radius 2 is 1.85 bits per heavy atom. The summed E-state index contributed by atoms with van der Waals surface area (Å²) in [6, 6.07) is 0. The zero-order valence-corrected chi connectivity index (χ0v) is 15.6. The van der Waals surface area contributed by atoms with Crippen molar-refractivity contribution in [2.75, 3.05) is 31.1 Å². The number of hydrogen-bond donors (Lipinski definition) is 0. The fraction of sp³-hybridized carbons (Fsp3) is 0.467. The highest BCUT2D eigenvalue weighted by atomic mass is 32.2. The van der Waals surface area contributed by atoms with Crippen LogP contribution in [0.25, 0.3) is 11.0 Å². The predicted octanol–water partition coefficient (Wildman–Crippen LogP) is 0.479. The molecule has 11 heteroatoms. The van der Waals surface area contributed by atoms with Gasteiger partial charge in [0.2, 0.25) is 10.0 Å². The molecule has 10 nitrogen and oxygen atoms in total. The van der Waals surface area contributed by atoms with Gasteiger partial charge in [0, 0.05) is 33.2 Å². The Hall–Kier alpha value is -2.53. The van der Waals surface area contributed by atoms with Gasteiger partial charge in [-0.05, 0) is 13.8 Å². The summed E-state index contributed by atoms with van der Waals surface area (Å²) in [7, 11) is -1.80. The van der Waals surface area contributed by atoms with Crippen LogP contribution in [0.4, 0.5) is 5.82 Å². The SMILES string of the molecule is Cc1noc(C)c1S(=O)(=O)N1CCN(c2ncnc3c2cnn3C)CC1. The van der Waals surface area contributed by atoms with Crippen LogP contribution in [0.15, 0.2) is 21.9 Å². The van der Waals surface area contributed by atoms with Gasteiger partial charge in [0.15, 0.2) is 11.4 Å². The molecule has 4 heterocycles. The van der Waals surface area contributed by atoms with Crippen LogP contribution in [0.5, 0.6) is 0 Å². The first-order valence-electron chi connectivity index (χ1n) is 8.20. The van der Waals surface area contributed by atoms with Crippen LogP contribution in [-0.2, 0) is 17.1 Å². The Bertz CT molecular complexity index is 1040. The lowest BCUT2D eigenvalue weighted by Crippen LogP contribution is -2.49. The molecule has 0 aromatic carbocycles. The van der Waals surface area contributed by atoms with Gasteiger partial charge < -0.3 is 9.42 Å². The highest BCUT2D eigenvalue weighted by Gasteiger charge is 2.33. The van der Waals surface area contributed by atoms with E-state index in [0.717, 1.165) is 16.9 Å². The van der Waals surface area contributed by atoms with Crippen LogP contribution in [0.1, 0.15) is 11.5 Å². The summed E-state index contributed by atoms with van der Waals surface area (Å²) in [4.78, 5) is 10.9. The summed E-state index contributed by atoms with van der Waals surface area (Å²) >= 11 is 0. The van der Waals surface area contributed by atoms with Crippen LogP contribution >= 0.6 is 0 Å². The van der Waals surface area contributed by atoms with E-state index in [-0.39, 0.29) is 4.90 Å². The number of rotatable bonds is 3. The molecule has 3 aromatic heterocycles. The Labute approximate surface area is 150 Å². The molecule has 0 spiro atoms. The van der Waals surface area contributed by atoms with Gasteiger partial charge in [-0.25, -0.2) is 18.4 Å². The number of anilines is 1. The van der Waals surface area contributed by atoms with Crippen LogP contribution in [0.3, 0.4) is 0 Å². The molecule has 1 fully saturated rings. The first kappa shape index (κ1) is 16.9. The van der Waals surface area contributed by atoms with Gasteiger partial charge in [0.25, 0.3) is 0 Å². The Morgan fingerprint density at radius 1 is 1.12 bits per heavy atom. The molecule has 0 amide bonds. The summed E-state index contributed by atoms with van der Waals surface area (Å²) in [5.41, 5.74) is 1.14. The first-order chi connectivity index (χ1) is 12.4. The van der Waals surface area contributed by atoms with Gasteiger partial charge >= 0.3 is 0 Å². The predicted molar refractivity (Wildman–Crippen MR) is 93.3 cm³/mol. The molecule has 138 valence electrons. The Morgan fingerprint density at radius 3 is 2.50 bits per heavy atom. The van der Waals surface area contributed by atoms with Crippen LogP contribution in [0, 0.1) is 13.8 Å². The highest BCUT2D eigenvalue weighted by molar-refractivity contribution is 7.89. The van der Waals surface area contributed by atoms with Crippen molar-refractivity contribution in [3.05, 3.63) is 24.0 Å². The third-order valence-corrected chi connectivity index (χ3v) is 6.76. The second-order valence-corrected chi connectivity index (χ2v) is 8.12. The van der Waals surface area contributed by atoms with E-state index >= 15 is 0 Å². The quantitative estimate of drug-likeness (QED) is 0.648. The normalized spacial score (nSPS) is 16.5. The lowest BCUT2D eigenvalue weighted by Gasteiger charge is -2.34. The fourth-order valence-electron chi connectivity index (χ4n) is 3.31. The van der Waals surface area contributed by atoms with Gasteiger partial charge in [0.05, 0.1) is 11.6 Å². The Balaban J connectivity index is 1.58. The molecule has 0 bridgehead atoms. The highest BCUT2D eigenvalue weighted by Crippen LogP contribution is 2.27. The van der Waals surface area contributed by atoms with E-state index < -0.39 is 10.0 Å². The zero-order chi connectivity index (χ0) is 18.5. The molecule has 0 aliphatic carbocycles. The number of hydrogen-bond acceptors (Lipinski definition) is 8. The smallest absolute Gasteiger partial charge is 0.248 e. The van der Waals surface area contributed by atoms with Gasteiger partial charge in [-0.2, -0.15) is 9.40 Å². The molecule has 4 rings (SSSR count). The lowest BCUT2D eigenvalue weighted by molar-refractivity contribution is 0.378.